The fourth-order valence-corrected chi connectivity index (χ4v) is 3.30. The highest BCUT2D eigenvalue weighted by atomic mass is 16.3. The Balaban J connectivity index is 1.71. The van der Waals surface area contributed by atoms with Gasteiger partial charge in [-0.05, 0) is 53.1 Å². The van der Waals surface area contributed by atoms with E-state index in [0.29, 0.717) is 28.7 Å². The molecule has 6 nitrogen and oxygen atoms in total. The molecule has 0 aliphatic heterocycles. The lowest BCUT2D eigenvalue weighted by molar-refractivity contribution is 0.0904. The number of aliphatic hydroxyl groups is 1. The van der Waals surface area contributed by atoms with Crippen molar-refractivity contribution in [1.82, 2.24) is 9.55 Å². The Kier molecular flexibility index (Phi) is 4.93. The van der Waals surface area contributed by atoms with Crippen molar-refractivity contribution in [2.75, 3.05) is 12.3 Å². The van der Waals surface area contributed by atoms with E-state index in [1.54, 1.807) is 12.1 Å². The van der Waals surface area contributed by atoms with Crippen molar-refractivity contribution in [1.29, 1.82) is 0 Å². The van der Waals surface area contributed by atoms with Crippen LogP contribution in [0.3, 0.4) is 0 Å². The van der Waals surface area contributed by atoms with Crippen LogP contribution in [0.2, 0.25) is 0 Å². The lowest BCUT2D eigenvalue weighted by Gasteiger charge is -2.10. The maximum atomic E-state index is 12.9. The number of rotatable bonds is 5. The minimum Gasteiger partial charge on any atom is -0.399 e. The summed E-state index contributed by atoms with van der Waals surface area (Å²) in [5, 5.41) is 9.41. The fraction of sp³-hybridized carbons (Fsp3) is 0.0870. The number of aromatic nitrogens is 2. The van der Waals surface area contributed by atoms with Crippen molar-refractivity contribution >= 4 is 22.4 Å². The number of hydrogen-bond acceptors (Lipinski definition) is 5. The van der Waals surface area contributed by atoms with E-state index in [2.05, 4.69) is 4.98 Å². The third kappa shape index (κ3) is 3.79. The maximum absolute atomic E-state index is 12.9. The second-order valence-corrected chi connectivity index (χ2v) is 6.82. The molecule has 0 aliphatic rings. The summed E-state index contributed by atoms with van der Waals surface area (Å²) in [7, 11) is 0. The molecule has 0 amide bonds. The van der Waals surface area contributed by atoms with E-state index >= 15 is 0 Å². The normalized spacial score (nSPS) is 10.9. The highest BCUT2D eigenvalue weighted by Gasteiger charge is 2.10. The highest BCUT2D eigenvalue weighted by Crippen LogP contribution is 2.22. The van der Waals surface area contributed by atoms with Crippen LogP contribution < -0.4 is 11.3 Å². The Bertz CT molecular complexity index is 1280. The Morgan fingerprint density at radius 1 is 1.00 bits per heavy atom. The van der Waals surface area contributed by atoms with Crippen molar-refractivity contribution in [3.8, 4) is 11.1 Å². The molecule has 0 atom stereocenters. The van der Waals surface area contributed by atoms with Gasteiger partial charge in [0.1, 0.15) is 6.61 Å². The summed E-state index contributed by atoms with van der Waals surface area (Å²) in [6.07, 6.45) is 1.51. The number of carbonyl (C=O) groups is 1. The van der Waals surface area contributed by atoms with Gasteiger partial charge in [0, 0.05) is 11.3 Å². The molecule has 144 valence electrons. The van der Waals surface area contributed by atoms with Gasteiger partial charge in [0.15, 0.2) is 5.78 Å². The molecule has 0 spiro atoms. The molecule has 0 radical (unpaired) electrons. The van der Waals surface area contributed by atoms with Gasteiger partial charge in [0.25, 0.3) is 5.56 Å². The van der Waals surface area contributed by atoms with Crippen LogP contribution in [0.5, 0.6) is 0 Å². The number of Topliss-reactive ketones (excluding diaryl/α,β-unsaturated/α-hetero) is 1. The third-order valence-electron chi connectivity index (χ3n) is 4.79. The van der Waals surface area contributed by atoms with Gasteiger partial charge in [-0.25, -0.2) is 4.98 Å². The van der Waals surface area contributed by atoms with Gasteiger partial charge >= 0.3 is 0 Å². The van der Waals surface area contributed by atoms with Gasteiger partial charge in [-0.15, -0.1) is 0 Å². The molecule has 4 rings (SSSR count). The monoisotopic (exact) mass is 385 g/mol. The first-order valence-corrected chi connectivity index (χ1v) is 9.13. The summed E-state index contributed by atoms with van der Waals surface area (Å²) in [6, 6.07) is 20.2. The Morgan fingerprint density at radius 3 is 2.52 bits per heavy atom. The zero-order valence-electron chi connectivity index (χ0n) is 15.6. The van der Waals surface area contributed by atoms with Crippen LogP contribution in [0.4, 0.5) is 5.69 Å². The summed E-state index contributed by atoms with van der Waals surface area (Å²) in [4.78, 5) is 29.0. The predicted molar refractivity (Wildman–Crippen MR) is 113 cm³/mol. The van der Waals surface area contributed by atoms with E-state index in [0.717, 1.165) is 16.7 Å². The van der Waals surface area contributed by atoms with E-state index in [1.165, 1.54) is 17.0 Å². The van der Waals surface area contributed by atoms with Crippen LogP contribution in [0.1, 0.15) is 15.9 Å². The number of anilines is 1. The topological polar surface area (TPSA) is 98.2 Å². The molecule has 3 N–H and O–H groups in total. The molecule has 3 aromatic carbocycles. The van der Waals surface area contributed by atoms with Crippen molar-refractivity contribution in [3.05, 3.63) is 94.5 Å². The summed E-state index contributed by atoms with van der Waals surface area (Å²) in [5.41, 5.74) is 10.1. The van der Waals surface area contributed by atoms with Crippen molar-refractivity contribution < 1.29 is 9.90 Å². The van der Waals surface area contributed by atoms with Crippen molar-refractivity contribution in [2.45, 2.75) is 6.54 Å². The molecular weight excluding hydrogens is 366 g/mol. The standard InChI is InChI=1S/C23H19N3O3/c24-19-6-2-5-17(10-19)16-4-1-3-15(9-16)12-26-14-25-21-8-7-18(22(28)13-27)11-20(21)23(26)29/h1-11,14,27H,12-13,24H2. The number of benzene rings is 3. The molecule has 0 saturated carbocycles. The van der Waals surface area contributed by atoms with E-state index in [9.17, 15) is 9.59 Å². The first-order valence-electron chi connectivity index (χ1n) is 9.13. The SMILES string of the molecule is Nc1cccc(-c2cccc(Cn3cnc4ccc(C(=O)CO)cc4c3=O)c2)c1. The van der Waals surface area contributed by atoms with Gasteiger partial charge in [-0.3, -0.25) is 14.2 Å². The molecule has 0 aliphatic carbocycles. The quantitative estimate of drug-likeness (QED) is 0.407. The van der Waals surface area contributed by atoms with Crippen molar-refractivity contribution in [3.63, 3.8) is 0 Å². The Hall–Kier alpha value is -3.77. The lowest BCUT2D eigenvalue weighted by atomic mass is 10.0. The number of nitrogen functional groups attached to an aromatic ring is 1. The van der Waals surface area contributed by atoms with Crippen LogP contribution in [0, 0.1) is 0 Å². The Labute approximate surface area is 166 Å². The summed E-state index contributed by atoms with van der Waals surface area (Å²) in [5.74, 6) is -0.434. The third-order valence-corrected chi connectivity index (χ3v) is 4.79. The number of ketones is 1. The smallest absolute Gasteiger partial charge is 0.261 e. The molecule has 4 aromatic rings. The van der Waals surface area contributed by atoms with E-state index in [1.807, 2.05) is 48.5 Å². The molecule has 1 aromatic heterocycles. The van der Waals surface area contributed by atoms with Gasteiger partial charge in [0.2, 0.25) is 0 Å². The number of nitrogens with two attached hydrogens (primary N) is 1. The number of hydrogen-bond donors (Lipinski definition) is 2. The van der Waals surface area contributed by atoms with Crippen LogP contribution in [0.25, 0.3) is 22.0 Å². The minimum absolute atomic E-state index is 0.239. The average Bonchev–Trinajstić information content (AvgIpc) is 2.75. The molecule has 6 heteroatoms. The van der Waals surface area contributed by atoms with Crippen LogP contribution >= 0.6 is 0 Å². The maximum Gasteiger partial charge on any atom is 0.261 e. The van der Waals surface area contributed by atoms with Gasteiger partial charge in [-0.1, -0.05) is 30.3 Å². The van der Waals surface area contributed by atoms with Gasteiger partial charge in [-0.2, -0.15) is 0 Å². The van der Waals surface area contributed by atoms with Gasteiger partial charge < -0.3 is 10.8 Å². The predicted octanol–water partition coefficient (Wildman–Crippen LogP) is 2.87. The largest absolute Gasteiger partial charge is 0.399 e. The fourth-order valence-electron chi connectivity index (χ4n) is 3.30. The van der Waals surface area contributed by atoms with Crippen LogP contribution in [0.15, 0.2) is 77.9 Å². The molecular formula is C23H19N3O3. The molecule has 0 saturated heterocycles. The first kappa shape index (κ1) is 18.6. The number of nitrogens with zero attached hydrogens (tertiary/aromatic N) is 2. The Morgan fingerprint density at radius 2 is 1.76 bits per heavy atom. The van der Waals surface area contributed by atoms with Crippen LogP contribution in [-0.4, -0.2) is 27.0 Å². The summed E-state index contributed by atoms with van der Waals surface area (Å²) < 4.78 is 1.51. The summed E-state index contributed by atoms with van der Waals surface area (Å²) >= 11 is 0. The zero-order valence-corrected chi connectivity index (χ0v) is 15.6. The van der Waals surface area contributed by atoms with Gasteiger partial charge in [0.05, 0.1) is 23.8 Å². The average molecular weight is 385 g/mol. The van der Waals surface area contributed by atoms with E-state index in [4.69, 9.17) is 10.8 Å². The molecule has 0 bridgehead atoms. The highest BCUT2D eigenvalue weighted by molar-refractivity contribution is 5.99. The first-order chi connectivity index (χ1) is 14.0. The van der Waals surface area contributed by atoms with Crippen molar-refractivity contribution in [2.24, 2.45) is 0 Å². The van der Waals surface area contributed by atoms with Crippen LogP contribution in [-0.2, 0) is 6.54 Å². The number of aliphatic hydroxyl groups excluding tert-OH is 1. The second kappa shape index (κ2) is 7.69. The molecule has 1 heterocycles. The number of carbonyl (C=O) groups excluding carboxylic acids is 1. The molecule has 0 fully saturated rings. The summed E-state index contributed by atoms with van der Waals surface area (Å²) in [6.45, 7) is -0.257. The lowest BCUT2D eigenvalue weighted by Crippen LogP contribution is -2.21. The zero-order chi connectivity index (χ0) is 20.4. The molecule has 0 unspecified atom stereocenters. The van der Waals surface area contributed by atoms with E-state index in [-0.39, 0.29) is 5.56 Å². The second-order valence-electron chi connectivity index (χ2n) is 6.82. The minimum atomic E-state index is -0.600. The number of fused-ring (bicyclic) bond motifs is 1. The van der Waals surface area contributed by atoms with E-state index < -0.39 is 12.4 Å². The molecule has 29 heavy (non-hydrogen) atoms.